The van der Waals surface area contributed by atoms with E-state index in [1.165, 1.54) is 0 Å². The Labute approximate surface area is 146 Å². The summed E-state index contributed by atoms with van der Waals surface area (Å²) in [6.45, 7) is 6.07. The molecule has 2 N–H and O–H groups in total. The first-order valence-corrected chi connectivity index (χ1v) is 8.11. The largest absolute Gasteiger partial charge is 0.339 e. The van der Waals surface area contributed by atoms with E-state index >= 15 is 0 Å². The Morgan fingerprint density at radius 3 is 2.25 bits per heavy atom. The van der Waals surface area contributed by atoms with Gasteiger partial charge >= 0.3 is 0 Å². The van der Waals surface area contributed by atoms with E-state index in [4.69, 9.17) is 11.6 Å². The Bertz CT molecular complexity index is 857. The highest BCUT2D eigenvalue weighted by atomic mass is 35.5. The van der Waals surface area contributed by atoms with Crippen molar-refractivity contribution >= 4 is 34.7 Å². The molecular formula is C19H19ClN4. The number of halogens is 1. The summed E-state index contributed by atoms with van der Waals surface area (Å²) in [5.74, 6) is 1.26. The second-order valence-electron chi connectivity index (χ2n) is 5.71. The van der Waals surface area contributed by atoms with E-state index in [9.17, 15) is 0 Å². The van der Waals surface area contributed by atoms with Crippen LogP contribution in [-0.4, -0.2) is 9.97 Å². The molecule has 3 aromatic rings. The number of hydrogen-bond donors (Lipinski definition) is 2. The quantitative estimate of drug-likeness (QED) is 0.655. The van der Waals surface area contributed by atoms with Crippen molar-refractivity contribution < 1.29 is 0 Å². The summed E-state index contributed by atoms with van der Waals surface area (Å²) >= 11 is 6.20. The lowest BCUT2D eigenvalue weighted by Crippen LogP contribution is -2.04. The van der Waals surface area contributed by atoms with E-state index in [0.29, 0.717) is 16.8 Å². The minimum Gasteiger partial charge on any atom is -0.339 e. The predicted molar refractivity (Wildman–Crippen MR) is 101 cm³/mol. The number of para-hydroxylation sites is 2. The molecule has 0 aliphatic carbocycles. The Balaban J connectivity index is 1.91. The van der Waals surface area contributed by atoms with Gasteiger partial charge in [0.25, 0.3) is 0 Å². The number of nitrogens with one attached hydrogen (secondary N) is 2. The molecule has 5 heteroatoms. The van der Waals surface area contributed by atoms with Crippen LogP contribution in [0.5, 0.6) is 0 Å². The second-order valence-corrected chi connectivity index (χ2v) is 6.12. The molecule has 0 saturated carbocycles. The van der Waals surface area contributed by atoms with Gasteiger partial charge in [-0.25, -0.2) is 4.98 Å². The standard InChI is InChI=1S/C19H19ClN4/c1-12-7-6-8-13(2)18(12)24-19-21-14(3)11-17(23-19)22-16-10-5-4-9-15(16)20/h4-11H,1-3H3,(H2,21,22,23,24). The van der Waals surface area contributed by atoms with Crippen LogP contribution in [0.3, 0.4) is 0 Å². The number of anilines is 4. The summed E-state index contributed by atoms with van der Waals surface area (Å²) < 4.78 is 0. The van der Waals surface area contributed by atoms with E-state index in [2.05, 4.69) is 46.6 Å². The van der Waals surface area contributed by atoms with Gasteiger partial charge in [-0.3, -0.25) is 0 Å². The molecule has 24 heavy (non-hydrogen) atoms. The molecule has 0 radical (unpaired) electrons. The molecule has 0 fully saturated rings. The van der Waals surface area contributed by atoms with Gasteiger partial charge in [-0.15, -0.1) is 0 Å². The molecule has 0 bridgehead atoms. The number of aromatic nitrogens is 2. The zero-order chi connectivity index (χ0) is 17.1. The van der Waals surface area contributed by atoms with Gasteiger partial charge in [0.1, 0.15) is 5.82 Å². The third kappa shape index (κ3) is 3.66. The van der Waals surface area contributed by atoms with Crippen LogP contribution in [0.4, 0.5) is 23.1 Å². The Kier molecular flexibility index (Phi) is 4.67. The Morgan fingerprint density at radius 2 is 1.54 bits per heavy atom. The van der Waals surface area contributed by atoms with E-state index in [1.807, 2.05) is 43.3 Å². The molecule has 0 aliphatic heterocycles. The number of rotatable bonds is 4. The number of benzene rings is 2. The SMILES string of the molecule is Cc1cc(Nc2ccccc2Cl)nc(Nc2c(C)cccc2C)n1. The number of aryl methyl sites for hydroxylation is 3. The van der Waals surface area contributed by atoms with Crippen molar-refractivity contribution in [2.24, 2.45) is 0 Å². The van der Waals surface area contributed by atoms with Crippen LogP contribution in [0.2, 0.25) is 5.02 Å². The van der Waals surface area contributed by atoms with E-state index in [1.54, 1.807) is 0 Å². The number of hydrogen-bond acceptors (Lipinski definition) is 4. The predicted octanol–water partition coefficient (Wildman–Crippen LogP) is 5.54. The summed E-state index contributed by atoms with van der Waals surface area (Å²) in [7, 11) is 0. The molecular weight excluding hydrogens is 320 g/mol. The van der Waals surface area contributed by atoms with Crippen LogP contribution in [0.1, 0.15) is 16.8 Å². The maximum Gasteiger partial charge on any atom is 0.229 e. The highest BCUT2D eigenvalue weighted by molar-refractivity contribution is 6.33. The van der Waals surface area contributed by atoms with Crippen LogP contribution in [0.25, 0.3) is 0 Å². The lowest BCUT2D eigenvalue weighted by molar-refractivity contribution is 1.10. The Morgan fingerprint density at radius 1 is 0.833 bits per heavy atom. The van der Waals surface area contributed by atoms with Crippen LogP contribution in [0.15, 0.2) is 48.5 Å². The molecule has 0 unspecified atom stereocenters. The fourth-order valence-corrected chi connectivity index (χ4v) is 2.70. The van der Waals surface area contributed by atoms with Gasteiger partial charge in [0.2, 0.25) is 5.95 Å². The first-order valence-electron chi connectivity index (χ1n) is 7.73. The van der Waals surface area contributed by atoms with Crippen LogP contribution in [-0.2, 0) is 0 Å². The summed E-state index contributed by atoms with van der Waals surface area (Å²) in [4.78, 5) is 9.04. The summed E-state index contributed by atoms with van der Waals surface area (Å²) in [6.07, 6.45) is 0. The third-order valence-electron chi connectivity index (χ3n) is 3.71. The molecule has 3 rings (SSSR count). The van der Waals surface area contributed by atoms with Crippen molar-refractivity contribution in [1.29, 1.82) is 0 Å². The zero-order valence-electron chi connectivity index (χ0n) is 13.9. The topological polar surface area (TPSA) is 49.8 Å². The molecule has 122 valence electrons. The zero-order valence-corrected chi connectivity index (χ0v) is 14.6. The van der Waals surface area contributed by atoms with Crippen molar-refractivity contribution in [2.45, 2.75) is 20.8 Å². The van der Waals surface area contributed by atoms with Crippen LogP contribution < -0.4 is 10.6 Å². The van der Waals surface area contributed by atoms with Gasteiger partial charge in [0.15, 0.2) is 0 Å². The monoisotopic (exact) mass is 338 g/mol. The second kappa shape index (κ2) is 6.89. The molecule has 0 spiro atoms. The molecule has 1 aromatic heterocycles. The lowest BCUT2D eigenvalue weighted by atomic mass is 10.1. The first-order chi connectivity index (χ1) is 11.5. The smallest absolute Gasteiger partial charge is 0.229 e. The fraction of sp³-hybridized carbons (Fsp3) is 0.158. The van der Waals surface area contributed by atoms with Crippen molar-refractivity contribution in [3.8, 4) is 0 Å². The highest BCUT2D eigenvalue weighted by Gasteiger charge is 2.08. The van der Waals surface area contributed by atoms with Gasteiger partial charge in [-0.05, 0) is 44.0 Å². The van der Waals surface area contributed by atoms with Gasteiger partial charge in [-0.1, -0.05) is 41.9 Å². The van der Waals surface area contributed by atoms with E-state index in [-0.39, 0.29) is 0 Å². The van der Waals surface area contributed by atoms with Crippen molar-refractivity contribution in [1.82, 2.24) is 9.97 Å². The van der Waals surface area contributed by atoms with Gasteiger partial charge in [-0.2, -0.15) is 4.98 Å². The highest BCUT2D eigenvalue weighted by Crippen LogP contribution is 2.26. The average Bonchev–Trinajstić information content (AvgIpc) is 2.53. The molecule has 2 aromatic carbocycles. The molecule has 1 heterocycles. The summed E-state index contributed by atoms with van der Waals surface area (Å²) in [5.41, 5.74) is 5.02. The van der Waals surface area contributed by atoms with Crippen LogP contribution in [0, 0.1) is 20.8 Å². The van der Waals surface area contributed by atoms with Crippen molar-refractivity contribution in [2.75, 3.05) is 10.6 Å². The molecule has 0 aliphatic rings. The average molecular weight is 339 g/mol. The minimum absolute atomic E-state index is 0.557. The summed E-state index contributed by atoms with van der Waals surface area (Å²) in [6, 6.07) is 15.6. The molecule has 4 nitrogen and oxygen atoms in total. The van der Waals surface area contributed by atoms with Gasteiger partial charge < -0.3 is 10.6 Å². The lowest BCUT2D eigenvalue weighted by Gasteiger charge is -2.13. The summed E-state index contributed by atoms with van der Waals surface area (Å²) in [5, 5.41) is 7.22. The van der Waals surface area contributed by atoms with E-state index < -0.39 is 0 Å². The van der Waals surface area contributed by atoms with E-state index in [0.717, 1.165) is 28.2 Å². The fourth-order valence-electron chi connectivity index (χ4n) is 2.51. The van der Waals surface area contributed by atoms with Crippen LogP contribution >= 0.6 is 11.6 Å². The molecule has 0 atom stereocenters. The maximum atomic E-state index is 6.20. The normalized spacial score (nSPS) is 10.5. The van der Waals surface area contributed by atoms with Crippen molar-refractivity contribution in [3.05, 3.63) is 70.4 Å². The first kappa shape index (κ1) is 16.3. The number of nitrogens with zero attached hydrogens (tertiary/aromatic N) is 2. The molecule has 0 saturated heterocycles. The minimum atomic E-state index is 0.557. The van der Waals surface area contributed by atoms with Crippen molar-refractivity contribution in [3.63, 3.8) is 0 Å². The Hall–Kier alpha value is -2.59. The molecule has 0 amide bonds. The maximum absolute atomic E-state index is 6.20. The third-order valence-corrected chi connectivity index (χ3v) is 4.04. The van der Waals surface area contributed by atoms with Gasteiger partial charge in [0.05, 0.1) is 10.7 Å². The van der Waals surface area contributed by atoms with Gasteiger partial charge in [0, 0.05) is 17.4 Å².